The molecule has 2 aromatic carbocycles. The molecule has 0 aliphatic heterocycles. The van der Waals surface area contributed by atoms with Gasteiger partial charge in [0.25, 0.3) is 5.91 Å². The zero-order valence-electron chi connectivity index (χ0n) is 13.2. The number of aliphatic carboxylic acids is 1. The number of hydrogen-bond donors (Lipinski definition) is 3. The van der Waals surface area contributed by atoms with Crippen LogP contribution in [0.25, 0.3) is 10.9 Å². The van der Waals surface area contributed by atoms with Crippen molar-refractivity contribution in [2.45, 2.75) is 13.0 Å². The third-order valence-corrected chi connectivity index (χ3v) is 4.17. The molecule has 24 heavy (non-hydrogen) atoms. The molecule has 1 aromatic heterocycles. The number of rotatable bonds is 5. The van der Waals surface area contributed by atoms with E-state index in [-0.39, 0.29) is 5.91 Å². The summed E-state index contributed by atoms with van der Waals surface area (Å²) < 4.78 is 0. The number of carbonyl (C=O) groups excluding carboxylic acids is 1. The predicted octanol–water partition coefficient (Wildman–Crippen LogP) is 3.36. The fourth-order valence-electron chi connectivity index (χ4n) is 2.79. The van der Waals surface area contributed by atoms with E-state index in [9.17, 15) is 14.7 Å². The SMILES string of the molecule is CC(C(=O)O)C(NC(=O)c1cccc2cc[nH]c12)c1ccccc1. The van der Waals surface area contributed by atoms with Gasteiger partial charge >= 0.3 is 5.97 Å². The van der Waals surface area contributed by atoms with Gasteiger partial charge in [0.15, 0.2) is 0 Å². The minimum atomic E-state index is -0.956. The van der Waals surface area contributed by atoms with E-state index in [0.29, 0.717) is 5.56 Å². The van der Waals surface area contributed by atoms with Crippen LogP contribution in [0.2, 0.25) is 0 Å². The molecule has 0 radical (unpaired) electrons. The highest BCUT2D eigenvalue weighted by Crippen LogP contribution is 2.24. The lowest BCUT2D eigenvalue weighted by molar-refractivity contribution is -0.142. The number of amides is 1. The maximum Gasteiger partial charge on any atom is 0.308 e. The summed E-state index contributed by atoms with van der Waals surface area (Å²) in [5, 5.41) is 13.2. The molecule has 1 amide bonds. The molecule has 2 unspecified atom stereocenters. The van der Waals surface area contributed by atoms with Crippen LogP contribution in [0.4, 0.5) is 0 Å². The number of hydrogen-bond acceptors (Lipinski definition) is 2. The van der Waals surface area contributed by atoms with Gasteiger partial charge in [-0.3, -0.25) is 9.59 Å². The summed E-state index contributed by atoms with van der Waals surface area (Å²) in [6.07, 6.45) is 1.77. The van der Waals surface area contributed by atoms with Crippen molar-refractivity contribution in [3.8, 4) is 0 Å². The van der Waals surface area contributed by atoms with E-state index < -0.39 is 17.9 Å². The molecule has 3 aromatic rings. The third-order valence-electron chi connectivity index (χ3n) is 4.17. The van der Waals surface area contributed by atoms with Crippen molar-refractivity contribution < 1.29 is 14.7 Å². The molecule has 1 heterocycles. The van der Waals surface area contributed by atoms with E-state index >= 15 is 0 Å². The average molecular weight is 322 g/mol. The molecule has 0 spiro atoms. The molecule has 3 N–H and O–H groups in total. The molecular weight excluding hydrogens is 304 g/mol. The van der Waals surface area contributed by atoms with Crippen LogP contribution >= 0.6 is 0 Å². The van der Waals surface area contributed by atoms with Gasteiger partial charge in [0.05, 0.1) is 23.0 Å². The van der Waals surface area contributed by atoms with Crippen LogP contribution in [0.1, 0.15) is 28.9 Å². The van der Waals surface area contributed by atoms with Gasteiger partial charge in [-0.2, -0.15) is 0 Å². The number of aromatic nitrogens is 1. The Kier molecular flexibility index (Phi) is 4.33. The van der Waals surface area contributed by atoms with Gasteiger partial charge in [0.1, 0.15) is 0 Å². The molecule has 0 aliphatic rings. The Balaban J connectivity index is 1.94. The zero-order chi connectivity index (χ0) is 17.1. The fraction of sp³-hybridized carbons (Fsp3) is 0.158. The Labute approximate surface area is 139 Å². The highest BCUT2D eigenvalue weighted by Gasteiger charge is 2.27. The topological polar surface area (TPSA) is 82.2 Å². The maximum atomic E-state index is 12.7. The van der Waals surface area contributed by atoms with Gasteiger partial charge in [-0.05, 0) is 24.6 Å². The molecule has 0 saturated carbocycles. The van der Waals surface area contributed by atoms with Crippen molar-refractivity contribution in [3.63, 3.8) is 0 Å². The first kappa shape index (κ1) is 15.8. The van der Waals surface area contributed by atoms with Crippen LogP contribution in [-0.2, 0) is 4.79 Å². The van der Waals surface area contributed by atoms with Crippen LogP contribution in [0.15, 0.2) is 60.8 Å². The van der Waals surface area contributed by atoms with Gasteiger partial charge in [-0.15, -0.1) is 0 Å². The van der Waals surface area contributed by atoms with Gasteiger partial charge in [0.2, 0.25) is 0 Å². The Morgan fingerprint density at radius 3 is 2.50 bits per heavy atom. The van der Waals surface area contributed by atoms with Crippen molar-refractivity contribution >= 4 is 22.8 Å². The lowest BCUT2D eigenvalue weighted by Crippen LogP contribution is -2.35. The van der Waals surface area contributed by atoms with Gasteiger partial charge in [-0.25, -0.2) is 0 Å². The number of carboxylic acid groups (broad SMARTS) is 1. The Morgan fingerprint density at radius 2 is 1.79 bits per heavy atom. The van der Waals surface area contributed by atoms with Crippen LogP contribution in [0, 0.1) is 5.92 Å². The van der Waals surface area contributed by atoms with E-state index in [0.717, 1.165) is 16.5 Å². The maximum absolute atomic E-state index is 12.7. The van der Waals surface area contributed by atoms with Gasteiger partial charge < -0.3 is 15.4 Å². The third kappa shape index (κ3) is 3.01. The summed E-state index contributed by atoms with van der Waals surface area (Å²) in [4.78, 5) is 27.2. The largest absolute Gasteiger partial charge is 0.481 e. The molecule has 3 rings (SSSR count). The van der Waals surface area contributed by atoms with Crippen molar-refractivity contribution in [1.29, 1.82) is 0 Å². The Morgan fingerprint density at radius 1 is 1.04 bits per heavy atom. The zero-order valence-corrected chi connectivity index (χ0v) is 13.2. The fourth-order valence-corrected chi connectivity index (χ4v) is 2.79. The number of H-pyrrole nitrogens is 1. The molecule has 2 atom stereocenters. The van der Waals surface area contributed by atoms with Gasteiger partial charge in [0, 0.05) is 11.6 Å². The van der Waals surface area contributed by atoms with E-state index in [1.165, 1.54) is 0 Å². The molecule has 0 bridgehead atoms. The van der Waals surface area contributed by atoms with Crippen LogP contribution in [-0.4, -0.2) is 22.0 Å². The molecular formula is C19H18N2O3. The number of para-hydroxylation sites is 1. The number of nitrogens with one attached hydrogen (secondary N) is 2. The summed E-state index contributed by atoms with van der Waals surface area (Å²) in [6, 6.07) is 15.9. The second-order valence-electron chi connectivity index (χ2n) is 5.74. The van der Waals surface area contributed by atoms with E-state index in [1.807, 2.05) is 48.5 Å². The van der Waals surface area contributed by atoms with Crippen molar-refractivity contribution in [1.82, 2.24) is 10.3 Å². The second-order valence-corrected chi connectivity index (χ2v) is 5.74. The van der Waals surface area contributed by atoms with Gasteiger partial charge in [-0.1, -0.05) is 42.5 Å². The highest BCUT2D eigenvalue weighted by atomic mass is 16.4. The van der Waals surface area contributed by atoms with Crippen LogP contribution in [0.3, 0.4) is 0 Å². The lowest BCUT2D eigenvalue weighted by atomic mass is 9.94. The number of aromatic amines is 1. The first-order valence-corrected chi connectivity index (χ1v) is 7.72. The average Bonchev–Trinajstić information content (AvgIpc) is 3.08. The van der Waals surface area contributed by atoms with E-state index in [4.69, 9.17) is 0 Å². The molecule has 0 aliphatic carbocycles. The number of fused-ring (bicyclic) bond motifs is 1. The first-order valence-electron chi connectivity index (χ1n) is 7.72. The molecule has 0 fully saturated rings. The van der Waals surface area contributed by atoms with Crippen molar-refractivity contribution in [2.24, 2.45) is 5.92 Å². The Hall–Kier alpha value is -3.08. The smallest absolute Gasteiger partial charge is 0.308 e. The normalized spacial score (nSPS) is 13.4. The van der Waals surface area contributed by atoms with Crippen molar-refractivity contribution in [3.05, 3.63) is 71.9 Å². The molecule has 122 valence electrons. The van der Waals surface area contributed by atoms with Crippen LogP contribution in [0.5, 0.6) is 0 Å². The van der Waals surface area contributed by atoms with Crippen LogP contribution < -0.4 is 5.32 Å². The first-order chi connectivity index (χ1) is 11.6. The lowest BCUT2D eigenvalue weighted by Gasteiger charge is -2.23. The second kappa shape index (κ2) is 6.58. The summed E-state index contributed by atoms with van der Waals surface area (Å²) >= 11 is 0. The number of benzene rings is 2. The minimum Gasteiger partial charge on any atom is -0.481 e. The monoisotopic (exact) mass is 322 g/mol. The summed E-state index contributed by atoms with van der Waals surface area (Å²) in [6.45, 7) is 1.59. The standard InChI is InChI=1S/C19H18N2O3/c1-12(19(23)24)16(13-6-3-2-4-7-13)21-18(22)15-9-5-8-14-10-11-20-17(14)15/h2-12,16,20H,1H3,(H,21,22)(H,23,24). The molecule has 5 heteroatoms. The van der Waals surface area contributed by atoms with E-state index in [2.05, 4.69) is 10.3 Å². The summed E-state index contributed by atoms with van der Waals surface area (Å²) in [5.41, 5.74) is 2.00. The minimum absolute atomic E-state index is 0.301. The van der Waals surface area contributed by atoms with E-state index in [1.54, 1.807) is 19.2 Å². The highest BCUT2D eigenvalue weighted by molar-refractivity contribution is 6.05. The number of carbonyl (C=O) groups is 2. The summed E-state index contributed by atoms with van der Waals surface area (Å²) in [7, 11) is 0. The number of carboxylic acids is 1. The predicted molar refractivity (Wildman–Crippen MR) is 91.7 cm³/mol. The molecule has 0 saturated heterocycles. The Bertz CT molecular complexity index is 870. The molecule has 5 nitrogen and oxygen atoms in total. The summed E-state index contributed by atoms with van der Waals surface area (Å²) in [5.74, 6) is -2.01. The quantitative estimate of drug-likeness (QED) is 0.673. The van der Waals surface area contributed by atoms with Crippen molar-refractivity contribution in [2.75, 3.05) is 0 Å².